The molecule has 5 heteroatoms. The maximum Gasteiger partial charge on any atom is 0.0900 e. The average molecular weight is 330 g/mol. The Balaban J connectivity index is 1.66. The van der Waals surface area contributed by atoms with Crippen molar-refractivity contribution < 1.29 is 9.84 Å². The molecule has 2 unspecified atom stereocenters. The number of aliphatic hydroxyl groups is 1. The van der Waals surface area contributed by atoms with E-state index in [-0.39, 0.29) is 6.10 Å². The maximum atomic E-state index is 10.2. The summed E-state index contributed by atoms with van der Waals surface area (Å²) >= 11 is 3.76. The van der Waals surface area contributed by atoms with Crippen LogP contribution in [0.2, 0.25) is 0 Å². The van der Waals surface area contributed by atoms with Crippen LogP contribution in [-0.2, 0) is 11.3 Å². The predicted molar refractivity (Wildman–Crippen MR) is 92.2 cm³/mol. The molecular weight excluding hydrogens is 302 g/mol. The van der Waals surface area contributed by atoms with Gasteiger partial charge in [0.25, 0.3) is 0 Å². The van der Waals surface area contributed by atoms with Gasteiger partial charge in [-0.25, -0.2) is 0 Å². The molecule has 1 saturated heterocycles. The summed E-state index contributed by atoms with van der Waals surface area (Å²) in [4.78, 5) is 3.64. The second kappa shape index (κ2) is 9.85. The molecule has 0 aromatic carbocycles. The number of rotatable bonds is 8. The van der Waals surface area contributed by atoms with Crippen molar-refractivity contribution in [2.45, 2.75) is 44.1 Å². The second-order valence-corrected chi connectivity index (χ2v) is 8.19. The fourth-order valence-corrected chi connectivity index (χ4v) is 4.52. The number of β-amino-alcohol motifs (C(OH)–C–C–N with tert-alkyl or cyclic N) is 1. The first-order valence-electron chi connectivity index (χ1n) is 7.90. The van der Waals surface area contributed by atoms with Crippen LogP contribution in [0, 0.1) is 0 Å². The Hall–Kier alpha value is -0.0700. The highest BCUT2D eigenvalue weighted by Gasteiger charge is 2.20. The van der Waals surface area contributed by atoms with Gasteiger partial charge < -0.3 is 9.84 Å². The summed E-state index contributed by atoms with van der Waals surface area (Å²) in [6.07, 6.45) is 3.51. The van der Waals surface area contributed by atoms with E-state index in [1.807, 2.05) is 6.07 Å². The first-order chi connectivity index (χ1) is 10.3. The van der Waals surface area contributed by atoms with Gasteiger partial charge in [0.15, 0.2) is 0 Å². The molecule has 0 radical (unpaired) electrons. The largest absolute Gasteiger partial charge is 0.389 e. The zero-order chi connectivity index (χ0) is 14.9. The monoisotopic (exact) mass is 329 g/mol. The van der Waals surface area contributed by atoms with E-state index >= 15 is 0 Å². The first kappa shape index (κ1) is 17.3. The Morgan fingerprint density at radius 2 is 2.43 bits per heavy atom. The van der Waals surface area contributed by atoms with E-state index in [2.05, 4.69) is 35.0 Å². The van der Waals surface area contributed by atoms with Crippen molar-refractivity contribution in [1.82, 2.24) is 4.90 Å². The third kappa shape index (κ3) is 6.70. The highest BCUT2D eigenvalue weighted by atomic mass is 32.2. The van der Waals surface area contributed by atoms with Gasteiger partial charge >= 0.3 is 0 Å². The van der Waals surface area contributed by atoms with Gasteiger partial charge in [0.2, 0.25) is 0 Å². The Morgan fingerprint density at radius 1 is 1.52 bits per heavy atom. The van der Waals surface area contributed by atoms with Crippen LogP contribution in [0.5, 0.6) is 0 Å². The van der Waals surface area contributed by atoms with Gasteiger partial charge in [0, 0.05) is 23.2 Å². The third-order valence-corrected chi connectivity index (χ3v) is 5.76. The summed E-state index contributed by atoms with van der Waals surface area (Å²) in [7, 11) is 0. The zero-order valence-corrected chi connectivity index (χ0v) is 14.5. The Morgan fingerprint density at radius 3 is 3.19 bits per heavy atom. The zero-order valence-electron chi connectivity index (χ0n) is 12.9. The normalized spacial score (nSPS) is 22.1. The van der Waals surface area contributed by atoms with E-state index in [0.29, 0.717) is 13.2 Å². The van der Waals surface area contributed by atoms with Gasteiger partial charge in [0.05, 0.1) is 19.3 Å². The molecule has 0 saturated carbocycles. The lowest BCUT2D eigenvalue weighted by Gasteiger charge is -2.26. The van der Waals surface area contributed by atoms with Gasteiger partial charge in [-0.15, -0.1) is 11.3 Å². The van der Waals surface area contributed by atoms with Crippen molar-refractivity contribution in [2.24, 2.45) is 0 Å². The molecule has 1 aliphatic heterocycles. The molecule has 120 valence electrons. The molecular formula is C16H27NO2S2. The van der Waals surface area contributed by atoms with Gasteiger partial charge in [-0.05, 0) is 36.6 Å². The molecule has 1 aliphatic rings. The number of hydrogen-bond donors (Lipinski definition) is 1. The van der Waals surface area contributed by atoms with E-state index < -0.39 is 0 Å². The van der Waals surface area contributed by atoms with Crippen LogP contribution < -0.4 is 0 Å². The molecule has 0 bridgehead atoms. The van der Waals surface area contributed by atoms with Gasteiger partial charge in [0.1, 0.15) is 0 Å². The summed E-state index contributed by atoms with van der Waals surface area (Å²) in [5.41, 5.74) is 0. The smallest absolute Gasteiger partial charge is 0.0900 e. The first-order valence-corrected chi connectivity index (χ1v) is 9.83. The number of aliphatic hydroxyl groups excluding tert-OH is 1. The van der Waals surface area contributed by atoms with Crippen LogP contribution in [-0.4, -0.2) is 53.4 Å². The third-order valence-electron chi connectivity index (χ3n) is 3.72. The van der Waals surface area contributed by atoms with Crippen LogP contribution in [0.15, 0.2) is 17.5 Å². The van der Waals surface area contributed by atoms with Gasteiger partial charge in [-0.1, -0.05) is 19.4 Å². The summed E-state index contributed by atoms with van der Waals surface area (Å²) < 4.78 is 5.62. The summed E-state index contributed by atoms with van der Waals surface area (Å²) in [5, 5.41) is 13.0. The molecule has 2 atom stereocenters. The Labute approximate surface area is 136 Å². The van der Waals surface area contributed by atoms with E-state index in [1.165, 1.54) is 29.9 Å². The molecule has 2 rings (SSSR count). The molecule has 3 nitrogen and oxygen atoms in total. The number of thioether (sulfide) groups is 1. The van der Waals surface area contributed by atoms with Crippen molar-refractivity contribution in [3.63, 3.8) is 0 Å². The fourth-order valence-electron chi connectivity index (χ4n) is 2.76. The van der Waals surface area contributed by atoms with Gasteiger partial charge in [-0.2, -0.15) is 11.8 Å². The molecule has 1 aromatic rings. The molecule has 1 fully saturated rings. The van der Waals surface area contributed by atoms with E-state index in [4.69, 9.17) is 4.74 Å². The minimum Gasteiger partial charge on any atom is -0.389 e. The van der Waals surface area contributed by atoms with Crippen LogP contribution in [0.4, 0.5) is 0 Å². The predicted octanol–water partition coefficient (Wildman–Crippen LogP) is 3.23. The highest BCUT2D eigenvalue weighted by molar-refractivity contribution is 7.99. The van der Waals surface area contributed by atoms with Crippen molar-refractivity contribution in [2.75, 3.05) is 32.0 Å². The van der Waals surface area contributed by atoms with Crippen LogP contribution in [0.25, 0.3) is 0 Å². The fraction of sp³-hybridized carbons (Fsp3) is 0.750. The summed E-state index contributed by atoms with van der Waals surface area (Å²) in [6, 6.07) is 4.10. The van der Waals surface area contributed by atoms with Crippen LogP contribution >= 0.6 is 23.1 Å². The molecule has 2 heterocycles. The number of thiophene rings is 1. The summed E-state index contributed by atoms with van der Waals surface area (Å²) in [5.74, 6) is 1.19. The molecule has 0 aliphatic carbocycles. The van der Waals surface area contributed by atoms with Crippen molar-refractivity contribution >= 4 is 23.1 Å². The molecule has 1 N–H and O–H groups in total. The minimum atomic E-state index is -0.379. The molecule has 21 heavy (non-hydrogen) atoms. The number of ether oxygens (including phenoxy) is 1. The lowest BCUT2D eigenvalue weighted by Crippen LogP contribution is -2.38. The van der Waals surface area contributed by atoms with Crippen molar-refractivity contribution in [3.05, 3.63) is 22.4 Å². The van der Waals surface area contributed by atoms with Crippen LogP contribution in [0.1, 0.15) is 31.1 Å². The molecule has 0 spiro atoms. The molecule has 1 aromatic heterocycles. The summed E-state index contributed by atoms with van der Waals surface area (Å²) in [6.45, 7) is 6.24. The van der Waals surface area contributed by atoms with Crippen LogP contribution in [0.3, 0.4) is 0 Å². The van der Waals surface area contributed by atoms with Crippen molar-refractivity contribution in [3.8, 4) is 0 Å². The number of nitrogens with zero attached hydrogens (tertiary/aromatic N) is 1. The van der Waals surface area contributed by atoms with E-state index in [1.54, 1.807) is 11.3 Å². The topological polar surface area (TPSA) is 32.7 Å². The van der Waals surface area contributed by atoms with Crippen molar-refractivity contribution in [1.29, 1.82) is 0 Å². The SMILES string of the molecule is CCSC1CCCCN(CC(O)COCc2cccs2)C1. The maximum absolute atomic E-state index is 10.2. The number of likely N-dealkylation sites (tertiary alicyclic amines) is 1. The minimum absolute atomic E-state index is 0.379. The number of hydrogen-bond acceptors (Lipinski definition) is 5. The van der Waals surface area contributed by atoms with Gasteiger partial charge in [-0.3, -0.25) is 4.90 Å². The van der Waals surface area contributed by atoms with E-state index in [9.17, 15) is 5.11 Å². The quantitative estimate of drug-likeness (QED) is 0.794. The lowest BCUT2D eigenvalue weighted by molar-refractivity contribution is 0.0114. The highest BCUT2D eigenvalue weighted by Crippen LogP contribution is 2.22. The average Bonchev–Trinajstić information content (AvgIpc) is 2.87. The Kier molecular flexibility index (Phi) is 8.11. The second-order valence-electron chi connectivity index (χ2n) is 5.58. The van der Waals surface area contributed by atoms with E-state index in [0.717, 1.165) is 24.9 Å². The lowest BCUT2D eigenvalue weighted by atomic mass is 10.2. The molecule has 0 amide bonds. The Bertz CT molecular complexity index is 372. The standard InChI is InChI=1S/C16H27NO2S2/c1-2-20-15-6-3-4-8-17(11-15)10-14(18)12-19-13-16-7-5-9-21-16/h5,7,9,14-15,18H,2-4,6,8,10-13H2,1H3.